The molecule has 0 aromatic heterocycles. The van der Waals surface area contributed by atoms with E-state index in [0.29, 0.717) is 6.42 Å². The summed E-state index contributed by atoms with van der Waals surface area (Å²) in [6, 6.07) is 0. The van der Waals surface area contributed by atoms with Gasteiger partial charge in [-0.2, -0.15) is 0 Å². The van der Waals surface area contributed by atoms with Crippen LogP contribution in [0.3, 0.4) is 0 Å². The zero-order valence-electron chi connectivity index (χ0n) is 4.32. The monoisotopic (exact) mass is 139 g/mol. The molecule has 0 aliphatic heterocycles. The van der Waals surface area contributed by atoms with Crippen LogP contribution >= 0.6 is 23.2 Å². The van der Waals surface area contributed by atoms with Gasteiger partial charge in [0.15, 0.2) is 0 Å². The fourth-order valence-corrected chi connectivity index (χ4v) is 0.356. The van der Waals surface area contributed by atoms with Gasteiger partial charge in [-0.25, -0.2) is 0 Å². The van der Waals surface area contributed by atoms with E-state index in [1.165, 1.54) is 0 Å². The summed E-state index contributed by atoms with van der Waals surface area (Å²) >= 11 is 11.2. The predicted molar refractivity (Wildman–Crippen MR) is 34.9 cm³/mol. The van der Waals surface area contributed by atoms with Gasteiger partial charge in [-0.1, -0.05) is 6.92 Å². The maximum Gasteiger partial charge on any atom is 0.0497 e. The molecule has 0 heterocycles. The third kappa shape index (κ3) is 3.19. The molecule has 0 aromatic carbocycles. The average molecular weight is 140 g/mol. The van der Waals surface area contributed by atoms with Gasteiger partial charge in [0.25, 0.3) is 0 Å². The van der Waals surface area contributed by atoms with E-state index in [1.54, 1.807) is 0 Å². The van der Waals surface area contributed by atoms with Crippen LogP contribution in [-0.2, 0) is 0 Å². The van der Waals surface area contributed by atoms with Gasteiger partial charge in [0.1, 0.15) is 0 Å². The normalized spacial score (nSPS) is 18.9. The van der Waals surface area contributed by atoms with Crippen molar-refractivity contribution >= 4 is 23.2 Å². The summed E-state index contributed by atoms with van der Waals surface area (Å²) in [7, 11) is 0. The Morgan fingerprint density at radius 3 is 2.00 bits per heavy atom. The first-order valence-electron chi connectivity index (χ1n) is 2.26. The van der Waals surface area contributed by atoms with Crippen molar-refractivity contribution in [3.8, 4) is 0 Å². The first kappa shape index (κ1) is 7.58. The molecular formula is C5H9Cl2. The summed E-state index contributed by atoms with van der Waals surface area (Å²) in [6.45, 7) is 5.46. The molecule has 2 heteroatoms. The van der Waals surface area contributed by atoms with Crippen molar-refractivity contribution in [2.45, 2.75) is 24.1 Å². The van der Waals surface area contributed by atoms with E-state index >= 15 is 0 Å². The van der Waals surface area contributed by atoms with E-state index < -0.39 is 0 Å². The van der Waals surface area contributed by atoms with Crippen LogP contribution in [-0.4, -0.2) is 10.8 Å². The maximum absolute atomic E-state index is 5.61. The Kier molecular flexibility index (Phi) is 3.86. The van der Waals surface area contributed by atoms with Crippen molar-refractivity contribution < 1.29 is 0 Å². The van der Waals surface area contributed by atoms with Crippen LogP contribution in [0.5, 0.6) is 0 Å². The Balaban J connectivity index is 3.14. The second-order valence-electron chi connectivity index (χ2n) is 1.48. The Bertz CT molecular complexity index is 43.3. The lowest BCUT2D eigenvalue weighted by atomic mass is 10.3. The van der Waals surface area contributed by atoms with Gasteiger partial charge in [0, 0.05) is 10.8 Å². The van der Waals surface area contributed by atoms with Crippen molar-refractivity contribution in [3.63, 3.8) is 0 Å². The molecule has 0 saturated carbocycles. The molecule has 0 rings (SSSR count). The summed E-state index contributed by atoms with van der Waals surface area (Å²) in [4.78, 5) is 0. The zero-order chi connectivity index (χ0) is 5.86. The lowest BCUT2D eigenvalue weighted by molar-refractivity contribution is 0.832. The quantitative estimate of drug-likeness (QED) is 0.516. The minimum absolute atomic E-state index is 0.0293. The SMILES string of the molecule is [CH2]CC(Cl)C(C)Cl. The molecule has 0 aliphatic rings. The Morgan fingerprint density at radius 1 is 1.57 bits per heavy atom. The molecule has 0 spiro atoms. The van der Waals surface area contributed by atoms with Gasteiger partial charge in [-0.05, 0) is 13.3 Å². The van der Waals surface area contributed by atoms with Crippen LogP contribution in [0, 0.1) is 6.92 Å². The van der Waals surface area contributed by atoms with Gasteiger partial charge in [0.2, 0.25) is 0 Å². The highest BCUT2D eigenvalue weighted by molar-refractivity contribution is 6.29. The molecule has 43 valence electrons. The summed E-state index contributed by atoms with van der Waals surface area (Å²) in [6.07, 6.45) is 0.701. The Labute approximate surface area is 54.8 Å². The first-order valence-corrected chi connectivity index (χ1v) is 3.13. The molecule has 0 aliphatic carbocycles. The smallest absolute Gasteiger partial charge is 0.0497 e. The highest BCUT2D eigenvalue weighted by atomic mass is 35.5. The lowest BCUT2D eigenvalue weighted by Gasteiger charge is -2.05. The van der Waals surface area contributed by atoms with E-state index in [1.807, 2.05) is 6.92 Å². The topological polar surface area (TPSA) is 0 Å². The summed E-state index contributed by atoms with van der Waals surface area (Å²) in [5.41, 5.74) is 0. The summed E-state index contributed by atoms with van der Waals surface area (Å²) < 4.78 is 0. The van der Waals surface area contributed by atoms with E-state index in [0.717, 1.165) is 0 Å². The van der Waals surface area contributed by atoms with E-state index in [4.69, 9.17) is 23.2 Å². The van der Waals surface area contributed by atoms with E-state index in [9.17, 15) is 0 Å². The average Bonchev–Trinajstić information content (AvgIpc) is 1.65. The number of hydrogen-bond donors (Lipinski definition) is 0. The van der Waals surface area contributed by atoms with Crippen molar-refractivity contribution in [2.75, 3.05) is 0 Å². The molecule has 0 aromatic rings. The van der Waals surface area contributed by atoms with Gasteiger partial charge in [0.05, 0.1) is 0 Å². The fraction of sp³-hybridized carbons (Fsp3) is 0.800. The van der Waals surface area contributed by atoms with Crippen LogP contribution in [0.1, 0.15) is 13.3 Å². The molecular weight excluding hydrogens is 131 g/mol. The van der Waals surface area contributed by atoms with E-state index in [-0.39, 0.29) is 10.8 Å². The molecule has 0 nitrogen and oxygen atoms in total. The molecule has 2 unspecified atom stereocenters. The largest absolute Gasteiger partial charge is 0.122 e. The molecule has 0 amide bonds. The maximum atomic E-state index is 5.61. The van der Waals surface area contributed by atoms with Crippen LogP contribution in [0.4, 0.5) is 0 Å². The molecule has 0 bridgehead atoms. The summed E-state index contributed by atoms with van der Waals surface area (Å²) in [5.74, 6) is 0. The van der Waals surface area contributed by atoms with Crippen molar-refractivity contribution in [1.82, 2.24) is 0 Å². The number of halogens is 2. The molecule has 0 N–H and O–H groups in total. The minimum Gasteiger partial charge on any atom is -0.122 e. The van der Waals surface area contributed by atoms with Crippen LogP contribution < -0.4 is 0 Å². The standard InChI is InChI=1S/C5H9Cl2/c1-3-5(7)4(2)6/h4-5H,1,3H2,2H3. The zero-order valence-corrected chi connectivity index (χ0v) is 5.84. The van der Waals surface area contributed by atoms with Crippen molar-refractivity contribution in [1.29, 1.82) is 0 Å². The fourth-order valence-electron chi connectivity index (χ4n) is 0.230. The molecule has 0 fully saturated rings. The predicted octanol–water partition coefficient (Wildman–Crippen LogP) is 2.45. The minimum atomic E-state index is 0.0293. The number of rotatable bonds is 2. The third-order valence-electron chi connectivity index (χ3n) is 0.774. The van der Waals surface area contributed by atoms with Crippen LogP contribution in [0.2, 0.25) is 0 Å². The van der Waals surface area contributed by atoms with Crippen LogP contribution in [0.25, 0.3) is 0 Å². The summed E-state index contributed by atoms with van der Waals surface area (Å²) in [5, 5.41) is 0.0702. The lowest BCUT2D eigenvalue weighted by Crippen LogP contribution is -2.08. The van der Waals surface area contributed by atoms with Crippen molar-refractivity contribution in [2.24, 2.45) is 0 Å². The number of alkyl halides is 2. The Morgan fingerprint density at radius 2 is 2.00 bits per heavy atom. The second kappa shape index (κ2) is 3.57. The third-order valence-corrected chi connectivity index (χ3v) is 1.80. The number of hydrogen-bond acceptors (Lipinski definition) is 0. The van der Waals surface area contributed by atoms with Crippen LogP contribution in [0.15, 0.2) is 0 Å². The first-order chi connectivity index (χ1) is 3.18. The Hall–Kier alpha value is 0.580. The van der Waals surface area contributed by atoms with Gasteiger partial charge in [-0.3, -0.25) is 0 Å². The molecule has 0 saturated heterocycles. The molecule has 7 heavy (non-hydrogen) atoms. The molecule has 2 atom stereocenters. The van der Waals surface area contributed by atoms with Gasteiger partial charge < -0.3 is 0 Å². The highest BCUT2D eigenvalue weighted by Gasteiger charge is 2.06. The van der Waals surface area contributed by atoms with Gasteiger partial charge >= 0.3 is 0 Å². The highest BCUT2D eigenvalue weighted by Crippen LogP contribution is 2.11. The van der Waals surface area contributed by atoms with Gasteiger partial charge in [-0.15, -0.1) is 23.2 Å². The van der Waals surface area contributed by atoms with E-state index in [2.05, 4.69) is 6.92 Å². The molecule has 1 radical (unpaired) electrons. The van der Waals surface area contributed by atoms with Crippen molar-refractivity contribution in [3.05, 3.63) is 6.92 Å². The second-order valence-corrected chi connectivity index (χ2v) is 2.73.